The van der Waals surface area contributed by atoms with Gasteiger partial charge in [-0.3, -0.25) is 0 Å². The van der Waals surface area contributed by atoms with Crippen molar-refractivity contribution in [2.75, 3.05) is 0 Å². The van der Waals surface area contributed by atoms with Gasteiger partial charge in [-0.05, 0) is 77.7 Å². The third-order valence-corrected chi connectivity index (χ3v) is 3.48. The van der Waals surface area contributed by atoms with Gasteiger partial charge in [0.1, 0.15) is 11.5 Å². The number of aliphatic hydroxyl groups excluding tert-OH is 1. The molecule has 1 N–H and O–H groups in total. The normalized spacial score (nSPS) is 12.3. The van der Waals surface area contributed by atoms with Crippen LogP contribution in [0.3, 0.4) is 0 Å². The van der Waals surface area contributed by atoms with E-state index in [1.807, 2.05) is 44.2 Å². The minimum Gasteiger partial charge on any atom is -0.456 e. The summed E-state index contributed by atoms with van der Waals surface area (Å²) in [5.41, 5.74) is 3.21. The van der Waals surface area contributed by atoms with Crippen molar-refractivity contribution in [2.45, 2.75) is 26.9 Å². The van der Waals surface area contributed by atoms with Gasteiger partial charge in [0.05, 0.1) is 10.6 Å². The van der Waals surface area contributed by atoms with Crippen LogP contribution in [0.5, 0.6) is 11.5 Å². The number of rotatable bonds is 3. The molecule has 100 valence electrons. The summed E-state index contributed by atoms with van der Waals surface area (Å²) in [6.45, 7) is 5.84. The first-order chi connectivity index (χ1) is 8.95. The summed E-state index contributed by atoms with van der Waals surface area (Å²) in [6.07, 6.45) is -0.480. The summed E-state index contributed by atoms with van der Waals surface area (Å²) >= 11 is 3.47. The molecule has 2 aromatic carbocycles. The van der Waals surface area contributed by atoms with Crippen molar-refractivity contribution < 1.29 is 9.84 Å². The zero-order valence-corrected chi connectivity index (χ0v) is 12.9. The number of aliphatic hydroxyl groups is 1. The zero-order valence-electron chi connectivity index (χ0n) is 11.3. The van der Waals surface area contributed by atoms with E-state index in [2.05, 4.69) is 22.0 Å². The maximum Gasteiger partial charge on any atom is 0.141 e. The van der Waals surface area contributed by atoms with Crippen LogP contribution in [0.1, 0.15) is 29.7 Å². The van der Waals surface area contributed by atoms with Crippen molar-refractivity contribution in [1.29, 1.82) is 0 Å². The molecule has 2 aromatic rings. The summed E-state index contributed by atoms with van der Waals surface area (Å²) in [5.74, 6) is 1.57. The predicted molar refractivity (Wildman–Crippen MR) is 80.8 cm³/mol. The molecule has 1 atom stereocenters. The standard InChI is InChI=1S/C16H17BrO2/c1-10-6-11(2)8-14(7-10)19-16-5-4-13(12(3)18)9-15(16)17/h4-9,12,18H,1-3H3. The molecule has 0 fully saturated rings. The number of hydrogen-bond donors (Lipinski definition) is 1. The van der Waals surface area contributed by atoms with Crippen LogP contribution in [-0.4, -0.2) is 5.11 Å². The largest absolute Gasteiger partial charge is 0.456 e. The van der Waals surface area contributed by atoms with Crippen LogP contribution in [0.25, 0.3) is 0 Å². The summed E-state index contributed by atoms with van der Waals surface area (Å²) in [7, 11) is 0. The minimum absolute atomic E-state index is 0.480. The minimum atomic E-state index is -0.480. The lowest BCUT2D eigenvalue weighted by Crippen LogP contribution is -1.93. The predicted octanol–water partition coefficient (Wildman–Crippen LogP) is 4.91. The van der Waals surface area contributed by atoms with E-state index in [1.54, 1.807) is 6.92 Å². The van der Waals surface area contributed by atoms with Crippen LogP contribution >= 0.6 is 15.9 Å². The van der Waals surface area contributed by atoms with Gasteiger partial charge in [-0.2, -0.15) is 0 Å². The van der Waals surface area contributed by atoms with Crippen LogP contribution in [-0.2, 0) is 0 Å². The summed E-state index contributed by atoms with van der Waals surface area (Å²) in [4.78, 5) is 0. The second-order valence-electron chi connectivity index (χ2n) is 4.79. The first-order valence-electron chi connectivity index (χ1n) is 6.19. The maximum absolute atomic E-state index is 9.54. The van der Waals surface area contributed by atoms with Crippen LogP contribution in [0, 0.1) is 13.8 Å². The molecule has 0 aliphatic carbocycles. The molecule has 2 nitrogen and oxygen atoms in total. The summed E-state index contributed by atoms with van der Waals surface area (Å²) in [5, 5.41) is 9.54. The molecule has 0 saturated heterocycles. The molecule has 0 aromatic heterocycles. The lowest BCUT2D eigenvalue weighted by Gasteiger charge is -2.11. The van der Waals surface area contributed by atoms with Crippen LogP contribution in [0.15, 0.2) is 40.9 Å². The van der Waals surface area contributed by atoms with Gasteiger partial charge < -0.3 is 9.84 Å². The molecule has 3 heteroatoms. The topological polar surface area (TPSA) is 29.5 Å². The highest BCUT2D eigenvalue weighted by atomic mass is 79.9. The smallest absolute Gasteiger partial charge is 0.141 e. The maximum atomic E-state index is 9.54. The molecule has 2 rings (SSSR count). The number of hydrogen-bond acceptors (Lipinski definition) is 2. The second kappa shape index (κ2) is 5.76. The summed E-state index contributed by atoms with van der Waals surface area (Å²) < 4.78 is 6.72. The fraction of sp³-hybridized carbons (Fsp3) is 0.250. The Morgan fingerprint density at radius 1 is 1.05 bits per heavy atom. The van der Waals surface area contributed by atoms with Crippen LogP contribution in [0.2, 0.25) is 0 Å². The Labute approximate surface area is 122 Å². The van der Waals surface area contributed by atoms with E-state index in [-0.39, 0.29) is 0 Å². The highest BCUT2D eigenvalue weighted by Gasteiger charge is 2.07. The summed E-state index contributed by atoms with van der Waals surface area (Å²) in [6, 6.07) is 11.7. The number of halogens is 1. The Bertz CT molecular complexity index is 571. The van der Waals surface area contributed by atoms with Gasteiger partial charge in [-0.15, -0.1) is 0 Å². The molecule has 0 aliphatic heterocycles. The molecule has 1 unspecified atom stereocenters. The van der Waals surface area contributed by atoms with Crippen LogP contribution in [0.4, 0.5) is 0 Å². The van der Waals surface area contributed by atoms with Gasteiger partial charge in [0.25, 0.3) is 0 Å². The van der Waals surface area contributed by atoms with Gasteiger partial charge >= 0.3 is 0 Å². The van der Waals surface area contributed by atoms with Gasteiger partial charge in [0.15, 0.2) is 0 Å². The third-order valence-electron chi connectivity index (χ3n) is 2.86. The fourth-order valence-corrected chi connectivity index (χ4v) is 2.46. The van der Waals surface area contributed by atoms with Crippen molar-refractivity contribution in [3.63, 3.8) is 0 Å². The fourth-order valence-electron chi connectivity index (χ4n) is 1.98. The molecular weight excluding hydrogens is 304 g/mol. The third kappa shape index (κ3) is 3.58. The van der Waals surface area contributed by atoms with E-state index in [0.29, 0.717) is 0 Å². The molecule has 19 heavy (non-hydrogen) atoms. The average molecular weight is 321 g/mol. The lowest BCUT2D eigenvalue weighted by atomic mass is 10.1. The van der Waals surface area contributed by atoms with Crippen molar-refractivity contribution in [3.05, 3.63) is 57.6 Å². The lowest BCUT2D eigenvalue weighted by molar-refractivity contribution is 0.199. The number of ether oxygens (including phenoxy) is 1. The Kier molecular flexibility index (Phi) is 4.27. The highest BCUT2D eigenvalue weighted by Crippen LogP contribution is 2.32. The Morgan fingerprint density at radius 3 is 2.21 bits per heavy atom. The van der Waals surface area contributed by atoms with Gasteiger partial charge in [0, 0.05) is 0 Å². The molecule has 0 bridgehead atoms. The van der Waals surface area contributed by atoms with E-state index >= 15 is 0 Å². The van der Waals surface area contributed by atoms with E-state index in [4.69, 9.17) is 4.74 Å². The van der Waals surface area contributed by atoms with Crippen molar-refractivity contribution in [1.82, 2.24) is 0 Å². The first-order valence-corrected chi connectivity index (χ1v) is 6.98. The molecule has 0 amide bonds. The Morgan fingerprint density at radius 2 is 1.68 bits per heavy atom. The number of benzene rings is 2. The molecule has 0 radical (unpaired) electrons. The van der Waals surface area contributed by atoms with E-state index in [1.165, 1.54) is 11.1 Å². The highest BCUT2D eigenvalue weighted by molar-refractivity contribution is 9.10. The first kappa shape index (κ1) is 14.1. The quantitative estimate of drug-likeness (QED) is 0.870. The number of aryl methyl sites for hydroxylation is 2. The Hall–Kier alpha value is -1.32. The van der Waals surface area contributed by atoms with Crippen LogP contribution < -0.4 is 4.74 Å². The molecule has 0 heterocycles. The molecular formula is C16H17BrO2. The Balaban J connectivity index is 2.28. The molecule has 0 aliphatic rings. The molecule has 0 saturated carbocycles. The van der Waals surface area contributed by atoms with Gasteiger partial charge in [-0.1, -0.05) is 12.1 Å². The van der Waals surface area contributed by atoms with Gasteiger partial charge in [0.2, 0.25) is 0 Å². The van der Waals surface area contributed by atoms with Crippen molar-refractivity contribution in [3.8, 4) is 11.5 Å². The molecule has 0 spiro atoms. The van der Waals surface area contributed by atoms with Gasteiger partial charge in [-0.25, -0.2) is 0 Å². The second-order valence-corrected chi connectivity index (χ2v) is 5.65. The van der Waals surface area contributed by atoms with E-state index in [0.717, 1.165) is 21.5 Å². The average Bonchev–Trinajstić information content (AvgIpc) is 2.30. The van der Waals surface area contributed by atoms with E-state index in [9.17, 15) is 5.11 Å². The SMILES string of the molecule is Cc1cc(C)cc(Oc2ccc(C(C)O)cc2Br)c1. The zero-order chi connectivity index (χ0) is 14.0. The monoisotopic (exact) mass is 320 g/mol. The van der Waals surface area contributed by atoms with Crippen molar-refractivity contribution in [2.24, 2.45) is 0 Å². The van der Waals surface area contributed by atoms with E-state index < -0.39 is 6.10 Å². The van der Waals surface area contributed by atoms with Crippen molar-refractivity contribution >= 4 is 15.9 Å².